The minimum Gasteiger partial charge on any atom is -0.378 e. The van der Waals surface area contributed by atoms with Crippen LogP contribution in [0.25, 0.3) is 0 Å². The van der Waals surface area contributed by atoms with Crippen LogP contribution in [0.3, 0.4) is 0 Å². The highest BCUT2D eigenvalue weighted by atomic mass is 16.6. The van der Waals surface area contributed by atoms with Crippen molar-refractivity contribution in [2.75, 3.05) is 19.0 Å². The Bertz CT molecular complexity index is 759. The van der Waals surface area contributed by atoms with Crippen LogP contribution < -0.4 is 4.90 Å². The summed E-state index contributed by atoms with van der Waals surface area (Å²) in [6.07, 6.45) is 1.43. The van der Waals surface area contributed by atoms with E-state index in [0.717, 1.165) is 5.69 Å². The maximum Gasteiger partial charge on any atom is 0.279 e. The molecule has 0 unspecified atom stereocenters. The van der Waals surface area contributed by atoms with Gasteiger partial charge in [-0.2, -0.15) is 5.26 Å². The molecule has 22 heavy (non-hydrogen) atoms. The van der Waals surface area contributed by atoms with Gasteiger partial charge in [0.05, 0.1) is 27.8 Å². The van der Waals surface area contributed by atoms with Gasteiger partial charge in [-0.3, -0.25) is 15.1 Å². The lowest BCUT2D eigenvalue weighted by molar-refractivity contribution is -0.385. The molecule has 0 amide bonds. The number of nitriles is 1. The lowest BCUT2D eigenvalue weighted by Crippen LogP contribution is -2.07. The number of aliphatic imine (C=N–C) groups is 1. The van der Waals surface area contributed by atoms with Crippen LogP contribution in [0.5, 0.6) is 0 Å². The van der Waals surface area contributed by atoms with E-state index in [2.05, 4.69) is 4.99 Å². The molecule has 0 saturated carbocycles. The van der Waals surface area contributed by atoms with Crippen LogP contribution >= 0.6 is 0 Å². The predicted molar refractivity (Wildman–Crippen MR) is 85.8 cm³/mol. The molecule has 0 aliphatic rings. The van der Waals surface area contributed by atoms with Gasteiger partial charge in [0.1, 0.15) is 0 Å². The van der Waals surface area contributed by atoms with E-state index >= 15 is 0 Å². The maximum atomic E-state index is 11.0. The molecule has 0 N–H and O–H groups in total. The molecule has 0 aliphatic carbocycles. The van der Waals surface area contributed by atoms with Crippen molar-refractivity contribution in [2.45, 2.75) is 0 Å². The minimum atomic E-state index is -0.517. The summed E-state index contributed by atoms with van der Waals surface area (Å²) in [5.41, 5.74) is 2.22. The molecule has 110 valence electrons. The fourth-order valence-corrected chi connectivity index (χ4v) is 1.86. The fraction of sp³-hybridized carbons (Fsp3) is 0.125. The Morgan fingerprint density at radius 1 is 1.23 bits per heavy atom. The van der Waals surface area contributed by atoms with E-state index in [1.807, 2.05) is 49.3 Å². The average molecular weight is 294 g/mol. The number of nitro benzene ring substituents is 1. The Kier molecular flexibility index (Phi) is 4.49. The zero-order valence-electron chi connectivity index (χ0n) is 12.2. The number of benzene rings is 2. The molecule has 2 aromatic carbocycles. The number of hydrogen-bond donors (Lipinski definition) is 0. The zero-order chi connectivity index (χ0) is 16.1. The Hall–Kier alpha value is -3.20. The Balaban J connectivity index is 2.30. The lowest BCUT2D eigenvalue weighted by atomic mass is 10.1. The molecule has 2 rings (SSSR count). The Morgan fingerprint density at radius 2 is 1.91 bits per heavy atom. The van der Waals surface area contributed by atoms with Crippen molar-refractivity contribution in [3.8, 4) is 6.07 Å². The average Bonchev–Trinajstić information content (AvgIpc) is 2.53. The first-order valence-electron chi connectivity index (χ1n) is 6.51. The van der Waals surface area contributed by atoms with Gasteiger partial charge in [0, 0.05) is 32.1 Å². The smallest absolute Gasteiger partial charge is 0.279 e. The Labute approximate surface area is 128 Å². The molecule has 0 fully saturated rings. The van der Waals surface area contributed by atoms with Crippen LogP contribution in [0.15, 0.2) is 47.5 Å². The highest BCUT2D eigenvalue weighted by Crippen LogP contribution is 2.21. The lowest BCUT2D eigenvalue weighted by Gasteiger charge is -2.11. The summed E-state index contributed by atoms with van der Waals surface area (Å²) in [4.78, 5) is 16.7. The molecule has 0 aromatic heterocycles. The van der Waals surface area contributed by atoms with Crippen LogP contribution in [0, 0.1) is 21.4 Å². The number of nitrogens with zero attached hydrogens (tertiary/aromatic N) is 4. The van der Waals surface area contributed by atoms with Crippen LogP contribution in [0.2, 0.25) is 0 Å². The van der Waals surface area contributed by atoms with E-state index in [0.29, 0.717) is 11.3 Å². The predicted octanol–water partition coefficient (Wildman–Crippen LogP) is 3.28. The molecule has 0 aliphatic heterocycles. The maximum absolute atomic E-state index is 11.0. The highest BCUT2D eigenvalue weighted by Gasteiger charge is 2.12. The van der Waals surface area contributed by atoms with E-state index in [4.69, 9.17) is 5.26 Å². The van der Waals surface area contributed by atoms with Gasteiger partial charge < -0.3 is 4.90 Å². The molecule has 6 heteroatoms. The normalized spacial score (nSPS) is 10.4. The van der Waals surface area contributed by atoms with Crippen molar-refractivity contribution in [1.82, 2.24) is 0 Å². The SMILES string of the molecule is CN(C)c1ccc(N=Cc2ccc(C#N)cc2[N+](=O)[O-])cc1. The number of hydrogen-bond acceptors (Lipinski definition) is 5. The van der Waals surface area contributed by atoms with E-state index in [1.54, 1.807) is 0 Å². The first-order valence-corrected chi connectivity index (χ1v) is 6.51. The second-order valence-electron chi connectivity index (χ2n) is 4.81. The molecule has 0 radical (unpaired) electrons. The van der Waals surface area contributed by atoms with Crippen molar-refractivity contribution in [3.63, 3.8) is 0 Å². The van der Waals surface area contributed by atoms with Gasteiger partial charge in [-0.05, 0) is 36.4 Å². The van der Waals surface area contributed by atoms with Gasteiger partial charge in [0.2, 0.25) is 0 Å². The first kappa shape index (κ1) is 15.2. The zero-order valence-corrected chi connectivity index (χ0v) is 12.2. The van der Waals surface area contributed by atoms with Gasteiger partial charge in [-0.25, -0.2) is 0 Å². The third-order valence-electron chi connectivity index (χ3n) is 3.08. The summed E-state index contributed by atoms with van der Waals surface area (Å²) in [7, 11) is 3.89. The summed E-state index contributed by atoms with van der Waals surface area (Å²) in [6, 6.07) is 13.7. The van der Waals surface area contributed by atoms with Crippen LogP contribution in [-0.2, 0) is 0 Å². The molecular weight excluding hydrogens is 280 g/mol. The second kappa shape index (κ2) is 6.50. The molecule has 0 saturated heterocycles. The van der Waals surface area contributed by atoms with Crippen molar-refractivity contribution in [3.05, 3.63) is 63.7 Å². The largest absolute Gasteiger partial charge is 0.378 e. The molecule has 6 nitrogen and oxygen atoms in total. The molecular formula is C16H14N4O2. The van der Waals surface area contributed by atoms with E-state index in [9.17, 15) is 10.1 Å². The van der Waals surface area contributed by atoms with Gasteiger partial charge in [0.25, 0.3) is 5.69 Å². The van der Waals surface area contributed by atoms with E-state index < -0.39 is 4.92 Å². The van der Waals surface area contributed by atoms with Gasteiger partial charge >= 0.3 is 0 Å². The minimum absolute atomic E-state index is 0.132. The number of nitro groups is 1. The van der Waals surface area contributed by atoms with Crippen molar-refractivity contribution in [2.24, 2.45) is 4.99 Å². The van der Waals surface area contributed by atoms with Crippen molar-refractivity contribution >= 4 is 23.3 Å². The van der Waals surface area contributed by atoms with Gasteiger partial charge in [-0.1, -0.05) is 0 Å². The number of rotatable bonds is 4. The highest BCUT2D eigenvalue weighted by molar-refractivity contribution is 5.87. The summed E-state index contributed by atoms with van der Waals surface area (Å²) in [5.74, 6) is 0. The topological polar surface area (TPSA) is 82.5 Å². The quantitative estimate of drug-likeness (QED) is 0.492. The summed E-state index contributed by atoms with van der Waals surface area (Å²) in [5, 5.41) is 19.9. The summed E-state index contributed by atoms with van der Waals surface area (Å²) in [6.45, 7) is 0. The van der Waals surface area contributed by atoms with E-state index in [-0.39, 0.29) is 11.3 Å². The van der Waals surface area contributed by atoms with Gasteiger partial charge in [-0.15, -0.1) is 0 Å². The molecule has 0 bridgehead atoms. The first-order chi connectivity index (χ1) is 10.5. The van der Waals surface area contributed by atoms with Crippen molar-refractivity contribution < 1.29 is 4.92 Å². The Morgan fingerprint density at radius 3 is 2.45 bits per heavy atom. The van der Waals surface area contributed by atoms with Crippen LogP contribution in [0.1, 0.15) is 11.1 Å². The second-order valence-corrected chi connectivity index (χ2v) is 4.81. The van der Waals surface area contributed by atoms with Crippen molar-refractivity contribution in [1.29, 1.82) is 5.26 Å². The van der Waals surface area contributed by atoms with Gasteiger partial charge in [0.15, 0.2) is 0 Å². The molecule has 0 atom stereocenters. The number of anilines is 1. The summed E-state index contributed by atoms with van der Waals surface area (Å²) < 4.78 is 0. The fourth-order valence-electron chi connectivity index (χ4n) is 1.86. The van der Waals surface area contributed by atoms with E-state index in [1.165, 1.54) is 24.4 Å². The third kappa shape index (κ3) is 3.46. The summed E-state index contributed by atoms with van der Waals surface area (Å²) >= 11 is 0. The molecule has 0 spiro atoms. The third-order valence-corrected chi connectivity index (χ3v) is 3.08. The van der Waals surface area contributed by atoms with Crippen LogP contribution in [-0.4, -0.2) is 25.2 Å². The standard InChI is InChI=1S/C16H14N4O2/c1-19(2)15-7-5-14(6-8-15)18-11-13-4-3-12(10-17)9-16(13)20(21)22/h3-9,11H,1-2H3. The van der Waals surface area contributed by atoms with Crippen LogP contribution in [0.4, 0.5) is 17.1 Å². The molecule has 2 aromatic rings. The monoisotopic (exact) mass is 294 g/mol. The molecule has 0 heterocycles.